The Morgan fingerprint density at radius 3 is 2.96 bits per heavy atom. The van der Waals surface area contributed by atoms with Crippen molar-refractivity contribution in [1.29, 1.82) is 0 Å². The first kappa shape index (κ1) is 17.7. The van der Waals surface area contributed by atoms with Crippen LogP contribution in [-0.2, 0) is 14.3 Å². The predicted octanol–water partition coefficient (Wildman–Crippen LogP) is 1.43. The molecular formula is C17H20N2O5. The zero-order valence-corrected chi connectivity index (χ0v) is 13.5. The van der Waals surface area contributed by atoms with Crippen molar-refractivity contribution in [3.8, 4) is 5.88 Å². The Labute approximate surface area is 140 Å². The minimum atomic E-state index is -1.14. The van der Waals surface area contributed by atoms with E-state index in [1.165, 1.54) is 13.3 Å². The number of hydrogen-bond donors (Lipinski definition) is 1. The van der Waals surface area contributed by atoms with Gasteiger partial charge >= 0.3 is 5.97 Å². The van der Waals surface area contributed by atoms with Crippen LogP contribution in [0.15, 0.2) is 31.0 Å². The molecule has 2 rings (SSSR count). The lowest BCUT2D eigenvalue weighted by Gasteiger charge is -2.34. The zero-order valence-electron chi connectivity index (χ0n) is 13.5. The molecule has 1 aromatic heterocycles. The lowest BCUT2D eigenvalue weighted by molar-refractivity contribution is -0.154. The van der Waals surface area contributed by atoms with Gasteiger partial charge in [-0.25, -0.2) is 9.78 Å². The van der Waals surface area contributed by atoms with E-state index in [2.05, 4.69) is 16.9 Å². The Hall–Kier alpha value is -2.70. The lowest BCUT2D eigenvalue weighted by Crippen LogP contribution is -2.57. The van der Waals surface area contributed by atoms with Crippen LogP contribution in [0.5, 0.6) is 5.88 Å². The number of ketones is 1. The van der Waals surface area contributed by atoms with Crippen molar-refractivity contribution in [2.45, 2.75) is 31.2 Å². The molecule has 0 saturated carbocycles. The second-order valence-electron chi connectivity index (χ2n) is 5.54. The summed E-state index contributed by atoms with van der Waals surface area (Å²) in [5, 5.41) is 2.68. The topological polar surface area (TPSA) is 94.6 Å². The number of nitrogens with one attached hydrogen (secondary N) is 1. The highest BCUT2D eigenvalue weighted by Crippen LogP contribution is 2.26. The average molecular weight is 332 g/mol. The first-order valence-corrected chi connectivity index (χ1v) is 7.64. The van der Waals surface area contributed by atoms with Crippen molar-refractivity contribution in [1.82, 2.24) is 10.3 Å². The summed E-state index contributed by atoms with van der Waals surface area (Å²) in [4.78, 5) is 40.3. The van der Waals surface area contributed by atoms with Gasteiger partial charge in [0.1, 0.15) is 5.54 Å². The van der Waals surface area contributed by atoms with Crippen LogP contribution in [0.4, 0.5) is 0 Å². The number of methoxy groups -OCH3 is 1. The minimum Gasteiger partial charge on any atom is -0.480 e. The van der Waals surface area contributed by atoms with Crippen LogP contribution in [-0.4, -0.2) is 41.9 Å². The molecule has 7 heteroatoms. The number of ether oxygens (including phenoxy) is 2. The predicted molar refractivity (Wildman–Crippen MR) is 85.6 cm³/mol. The Balaban J connectivity index is 2.06. The zero-order chi connectivity index (χ0) is 17.6. The van der Waals surface area contributed by atoms with Gasteiger partial charge in [-0.2, -0.15) is 0 Å². The summed E-state index contributed by atoms with van der Waals surface area (Å²) < 4.78 is 10.2. The highest BCUT2D eigenvalue weighted by molar-refractivity contribution is 6.00. The minimum absolute atomic E-state index is 0.172. The Kier molecular flexibility index (Phi) is 5.68. The molecule has 0 spiro atoms. The summed E-state index contributed by atoms with van der Waals surface area (Å²) in [5.74, 6) is -1.10. The summed E-state index contributed by atoms with van der Waals surface area (Å²) in [7, 11) is 1.40. The number of aromatic nitrogens is 1. The van der Waals surface area contributed by atoms with E-state index in [-0.39, 0.29) is 23.8 Å². The number of Topliss-reactive ketones (excluding diaryl/α,β-unsaturated/α-hetero) is 1. The fourth-order valence-corrected chi connectivity index (χ4v) is 2.69. The van der Waals surface area contributed by atoms with Crippen LogP contribution in [0.25, 0.3) is 0 Å². The first-order valence-electron chi connectivity index (χ1n) is 7.64. The molecule has 1 fully saturated rings. The molecule has 0 unspecified atom stereocenters. The van der Waals surface area contributed by atoms with Crippen LogP contribution in [0.1, 0.15) is 36.0 Å². The molecule has 1 amide bonds. The molecule has 2 heterocycles. The van der Waals surface area contributed by atoms with E-state index in [1.54, 1.807) is 18.2 Å². The summed E-state index contributed by atoms with van der Waals surface area (Å²) in [5.41, 5.74) is -0.908. The number of amides is 1. The van der Waals surface area contributed by atoms with Crippen molar-refractivity contribution < 1.29 is 23.9 Å². The second kappa shape index (κ2) is 7.72. The molecule has 24 heavy (non-hydrogen) atoms. The normalized spacial score (nSPS) is 20.0. The molecule has 1 saturated heterocycles. The molecule has 1 atom stereocenters. The number of piperidine rings is 1. The molecule has 0 radical (unpaired) electrons. The van der Waals surface area contributed by atoms with Gasteiger partial charge in [-0.3, -0.25) is 9.59 Å². The number of pyridine rings is 1. The number of carbonyl (C=O) groups is 3. The quantitative estimate of drug-likeness (QED) is 0.461. The molecule has 1 aliphatic heterocycles. The smallest absolute Gasteiger partial charge is 0.332 e. The standard InChI is InChI=1S/C17H20N2O5/c1-3-8-17(9-4-7-14(21)19-17)16(22)24-11-13(20)12-6-5-10-18-15(12)23-2/h3,5-6,10H,1,4,7-9,11H2,2H3,(H,19,21)/t17-/m1/s1. The Bertz CT molecular complexity index is 658. The fraction of sp³-hybridized carbons (Fsp3) is 0.412. The maximum Gasteiger partial charge on any atom is 0.332 e. The summed E-state index contributed by atoms with van der Waals surface area (Å²) in [6, 6.07) is 3.14. The molecule has 1 N–H and O–H groups in total. The third-order valence-corrected chi connectivity index (χ3v) is 3.87. The van der Waals surface area contributed by atoms with Gasteiger partial charge in [0, 0.05) is 12.6 Å². The second-order valence-corrected chi connectivity index (χ2v) is 5.54. The third-order valence-electron chi connectivity index (χ3n) is 3.87. The Morgan fingerprint density at radius 1 is 1.50 bits per heavy atom. The van der Waals surface area contributed by atoms with Crippen LogP contribution in [0.3, 0.4) is 0 Å². The molecule has 128 valence electrons. The number of hydrogen-bond acceptors (Lipinski definition) is 6. The van der Waals surface area contributed by atoms with E-state index in [0.29, 0.717) is 19.3 Å². The number of rotatable bonds is 7. The molecule has 0 aliphatic carbocycles. The van der Waals surface area contributed by atoms with E-state index >= 15 is 0 Å². The van der Waals surface area contributed by atoms with Crippen LogP contribution in [0.2, 0.25) is 0 Å². The van der Waals surface area contributed by atoms with Crippen molar-refractivity contribution in [2.75, 3.05) is 13.7 Å². The maximum atomic E-state index is 12.5. The summed E-state index contributed by atoms with van der Waals surface area (Å²) in [6.07, 6.45) is 4.71. The first-order chi connectivity index (χ1) is 11.5. The van der Waals surface area contributed by atoms with Crippen molar-refractivity contribution in [3.05, 3.63) is 36.5 Å². The van der Waals surface area contributed by atoms with Gasteiger partial charge in [-0.1, -0.05) is 6.08 Å². The summed E-state index contributed by atoms with van der Waals surface area (Å²) >= 11 is 0. The average Bonchev–Trinajstić information content (AvgIpc) is 2.59. The number of nitrogens with zero attached hydrogens (tertiary/aromatic N) is 1. The Morgan fingerprint density at radius 2 is 2.29 bits per heavy atom. The maximum absolute atomic E-state index is 12.5. The monoisotopic (exact) mass is 332 g/mol. The number of esters is 1. The molecule has 0 aromatic carbocycles. The van der Waals surface area contributed by atoms with Gasteiger partial charge in [0.25, 0.3) is 0 Å². The lowest BCUT2D eigenvalue weighted by atomic mass is 9.85. The van der Waals surface area contributed by atoms with Crippen molar-refractivity contribution in [2.24, 2.45) is 0 Å². The van der Waals surface area contributed by atoms with E-state index < -0.39 is 23.9 Å². The van der Waals surface area contributed by atoms with E-state index in [9.17, 15) is 14.4 Å². The third kappa shape index (κ3) is 3.79. The van der Waals surface area contributed by atoms with Gasteiger partial charge in [0.15, 0.2) is 6.61 Å². The van der Waals surface area contributed by atoms with Gasteiger partial charge in [-0.05, 0) is 31.4 Å². The van der Waals surface area contributed by atoms with Gasteiger partial charge < -0.3 is 14.8 Å². The van der Waals surface area contributed by atoms with Crippen LogP contribution >= 0.6 is 0 Å². The van der Waals surface area contributed by atoms with E-state index in [4.69, 9.17) is 9.47 Å². The van der Waals surface area contributed by atoms with Gasteiger partial charge in [0.05, 0.1) is 12.7 Å². The van der Waals surface area contributed by atoms with E-state index in [0.717, 1.165) is 0 Å². The highest BCUT2D eigenvalue weighted by atomic mass is 16.5. The van der Waals surface area contributed by atoms with Crippen LogP contribution in [0, 0.1) is 0 Å². The molecule has 7 nitrogen and oxygen atoms in total. The van der Waals surface area contributed by atoms with Gasteiger partial charge in [-0.15, -0.1) is 6.58 Å². The highest BCUT2D eigenvalue weighted by Gasteiger charge is 2.42. The van der Waals surface area contributed by atoms with Gasteiger partial charge in [0.2, 0.25) is 17.6 Å². The summed E-state index contributed by atoms with van der Waals surface area (Å²) in [6.45, 7) is 3.17. The molecule has 1 aromatic rings. The SMILES string of the molecule is C=CC[C@]1(C(=O)OCC(=O)c2cccnc2OC)CCCC(=O)N1. The van der Waals surface area contributed by atoms with E-state index in [1.807, 2.05) is 0 Å². The molecular weight excluding hydrogens is 312 g/mol. The van der Waals surface area contributed by atoms with Crippen molar-refractivity contribution in [3.63, 3.8) is 0 Å². The largest absolute Gasteiger partial charge is 0.480 e. The van der Waals surface area contributed by atoms with Crippen molar-refractivity contribution >= 4 is 17.7 Å². The fourth-order valence-electron chi connectivity index (χ4n) is 2.69. The van der Waals surface area contributed by atoms with Crippen LogP contribution < -0.4 is 10.1 Å². The molecule has 1 aliphatic rings. The molecule has 0 bridgehead atoms. The number of carbonyl (C=O) groups excluding carboxylic acids is 3.